The van der Waals surface area contributed by atoms with Crippen LogP contribution in [0.15, 0.2) is 24.3 Å². The minimum atomic E-state index is -4.31. The molecule has 0 saturated carbocycles. The van der Waals surface area contributed by atoms with Crippen LogP contribution in [0.25, 0.3) is 0 Å². The Morgan fingerprint density at radius 1 is 1.29 bits per heavy atom. The zero-order valence-electron chi connectivity index (χ0n) is 12.3. The molecule has 2 N–H and O–H groups in total. The molecular weight excluding hydrogens is 281 g/mol. The fraction of sp³-hybridized carbons (Fsp3) is 0.600. The van der Waals surface area contributed by atoms with Crippen molar-refractivity contribution in [3.63, 3.8) is 0 Å². The smallest absolute Gasteiger partial charge is 0.373 e. The van der Waals surface area contributed by atoms with Crippen molar-refractivity contribution in [2.75, 3.05) is 26.2 Å². The van der Waals surface area contributed by atoms with Crippen LogP contribution in [0.1, 0.15) is 31.0 Å². The average molecular weight is 302 g/mol. The van der Waals surface area contributed by atoms with Crippen LogP contribution in [-0.2, 0) is 10.9 Å². The third-order valence-corrected chi connectivity index (χ3v) is 3.74. The van der Waals surface area contributed by atoms with Gasteiger partial charge in [0, 0.05) is 25.7 Å². The van der Waals surface area contributed by atoms with Crippen molar-refractivity contribution in [2.45, 2.75) is 31.7 Å². The molecule has 1 unspecified atom stereocenters. The SMILES string of the molecule is CC1(C)CN(C(CN)c2ccc(C(F)(F)F)cc2)CCO1. The average Bonchev–Trinajstić information content (AvgIpc) is 2.38. The van der Waals surface area contributed by atoms with Gasteiger partial charge in [0.25, 0.3) is 0 Å². The molecule has 118 valence electrons. The van der Waals surface area contributed by atoms with Crippen LogP contribution < -0.4 is 5.73 Å². The summed E-state index contributed by atoms with van der Waals surface area (Å²) >= 11 is 0. The summed E-state index contributed by atoms with van der Waals surface area (Å²) in [5, 5.41) is 0. The van der Waals surface area contributed by atoms with Crippen molar-refractivity contribution in [1.82, 2.24) is 4.90 Å². The number of halogens is 3. The maximum Gasteiger partial charge on any atom is 0.416 e. The fourth-order valence-corrected chi connectivity index (χ4v) is 2.71. The number of hydrogen-bond donors (Lipinski definition) is 1. The largest absolute Gasteiger partial charge is 0.416 e. The summed E-state index contributed by atoms with van der Waals surface area (Å²) in [7, 11) is 0. The monoisotopic (exact) mass is 302 g/mol. The van der Waals surface area contributed by atoms with E-state index in [-0.39, 0.29) is 11.6 Å². The number of nitrogens with zero attached hydrogens (tertiary/aromatic N) is 1. The van der Waals surface area contributed by atoms with E-state index in [0.717, 1.165) is 24.2 Å². The molecule has 0 amide bonds. The van der Waals surface area contributed by atoms with Crippen LogP contribution in [0.2, 0.25) is 0 Å². The van der Waals surface area contributed by atoms with Crippen molar-refractivity contribution in [1.29, 1.82) is 0 Å². The molecule has 1 aromatic carbocycles. The predicted molar refractivity (Wildman–Crippen MR) is 74.8 cm³/mol. The van der Waals surface area contributed by atoms with Gasteiger partial charge >= 0.3 is 6.18 Å². The number of morpholine rings is 1. The lowest BCUT2D eigenvalue weighted by Crippen LogP contribution is -2.50. The number of ether oxygens (including phenoxy) is 1. The summed E-state index contributed by atoms with van der Waals surface area (Å²) < 4.78 is 43.5. The van der Waals surface area contributed by atoms with E-state index in [1.165, 1.54) is 12.1 Å². The van der Waals surface area contributed by atoms with Gasteiger partial charge in [-0.15, -0.1) is 0 Å². The van der Waals surface area contributed by atoms with Gasteiger partial charge < -0.3 is 10.5 Å². The Hall–Kier alpha value is -1.11. The molecule has 0 bridgehead atoms. The van der Waals surface area contributed by atoms with E-state index in [1.54, 1.807) is 0 Å². The first-order valence-corrected chi connectivity index (χ1v) is 6.98. The van der Waals surface area contributed by atoms with Crippen molar-refractivity contribution >= 4 is 0 Å². The van der Waals surface area contributed by atoms with Crippen molar-refractivity contribution in [2.24, 2.45) is 5.73 Å². The lowest BCUT2D eigenvalue weighted by Gasteiger charge is -2.42. The van der Waals surface area contributed by atoms with E-state index in [1.807, 2.05) is 13.8 Å². The van der Waals surface area contributed by atoms with E-state index >= 15 is 0 Å². The quantitative estimate of drug-likeness (QED) is 0.933. The molecule has 1 aliphatic heterocycles. The van der Waals surface area contributed by atoms with Crippen LogP contribution in [0, 0.1) is 0 Å². The van der Waals surface area contributed by atoms with Gasteiger partial charge in [-0.3, -0.25) is 4.90 Å². The number of alkyl halides is 3. The first kappa shape index (κ1) is 16.3. The first-order valence-electron chi connectivity index (χ1n) is 6.98. The topological polar surface area (TPSA) is 38.5 Å². The molecule has 1 fully saturated rings. The molecule has 1 aliphatic rings. The fourth-order valence-electron chi connectivity index (χ4n) is 2.71. The minimum Gasteiger partial charge on any atom is -0.373 e. The van der Waals surface area contributed by atoms with E-state index in [9.17, 15) is 13.2 Å². The van der Waals surface area contributed by atoms with Gasteiger partial charge in [-0.25, -0.2) is 0 Å². The molecule has 1 saturated heterocycles. The van der Waals surface area contributed by atoms with Gasteiger partial charge in [0.15, 0.2) is 0 Å². The highest BCUT2D eigenvalue weighted by Crippen LogP contribution is 2.31. The molecule has 1 atom stereocenters. The van der Waals surface area contributed by atoms with Crippen LogP contribution in [0.3, 0.4) is 0 Å². The molecule has 0 radical (unpaired) electrons. The number of nitrogens with two attached hydrogens (primary N) is 1. The third kappa shape index (κ3) is 3.96. The molecular formula is C15H21F3N2O. The van der Waals surface area contributed by atoms with Crippen molar-refractivity contribution in [3.05, 3.63) is 35.4 Å². The second-order valence-corrected chi connectivity index (χ2v) is 5.95. The van der Waals surface area contributed by atoms with E-state index < -0.39 is 11.7 Å². The highest BCUT2D eigenvalue weighted by molar-refractivity contribution is 5.27. The highest BCUT2D eigenvalue weighted by Gasteiger charge is 2.33. The summed E-state index contributed by atoms with van der Waals surface area (Å²) in [6.07, 6.45) is -4.31. The summed E-state index contributed by atoms with van der Waals surface area (Å²) in [6, 6.07) is 5.18. The van der Waals surface area contributed by atoms with Crippen LogP contribution in [0.4, 0.5) is 13.2 Å². The summed E-state index contributed by atoms with van der Waals surface area (Å²) in [5.74, 6) is 0. The third-order valence-electron chi connectivity index (χ3n) is 3.74. The Morgan fingerprint density at radius 2 is 1.90 bits per heavy atom. The Morgan fingerprint density at radius 3 is 2.38 bits per heavy atom. The Kier molecular flexibility index (Phi) is 4.60. The predicted octanol–water partition coefficient (Wildman–Crippen LogP) is 2.82. The van der Waals surface area contributed by atoms with Crippen molar-refractivity contribution < 1.29 is 17.9 Å². The number of hydrogen-bond acceptors (Lipinski definition) is 3. The molecule has 21 heavy (non-hydrogen) atoms. The van der Waals surface area contributed by atoms with Crippen molar-refractivity contribution in [3.8, 4) is 0 Å². The summed E-state index contributed by atoms with van der Waals surface area (Å²) in [5.41, 5.74) is 5.75. The van der Waals surface area contributed by atoms with E-state index in [4.69, 9.17) is 10.5 Å². The molecule has 1 heterocycles. The maximum atomic E-state index is 12.6. The summed E-state index contributed by atoms with van der Waals surface area (Å²) in [4.78, 5) is 2.17. The second kappa shape index (κ2) is 5.94. The van der Waals surface area contributed by atoms with E-state index in [0.29, 0.717) is 19.7 Å². The van der Waals surface area contributed by atoms with Crippen LogP contribution >= 0.6 is 0 Å². The van der Waals surface area contributed by atoms with Gasteiger partial charge in [0.1, 0.15) is 0 Å². The van der Waals surface area contributed by atoms with Crippen LogP contribution in [0.5, 0.6) is 0 Å². The Labute approximate surface area is 122 Å². The second-order valence-electron chi connectivity index (χ2n) is 5.95. The minimum absolute atomic E-state index is 0.0875. The lowest BCUT2D eigenvalue weighted by atomic mass is 9.99. The number of benzene rings is 1. The van der Waals surface area contributed by atoms with Gasteiger partial charge in [0.2, 0.25) is 0 Å². The molecule has 0 aliphatic carbocycles. The highest BCUT2D eigenvalue weighted by atomic mass is 19.4. The zero-order valence-corrected chi connectivity index (χ0v) is 12.3. The zero-order chi connectivity index (χ0) is 15.7. The lowest BCUT2D eigenvalue weighted by molar-refractivity contribution is -0.137. The van der Waals surface area contributed by atoms with Gasteiger partial charge in [-0.1, -0.05) is 12.1 Å². The molecule has 0 aromatic heterocycles. The number of rotatable bonds is 3. The molecule has 3 nitrogen and oxygen atoms in total. The molecule has 0 spiro atoms. The van der Waals surface area contributed by atoms with Crippen LogP contribution in [-0.4, -0.2) is 36.7 Å². The molecule has 2 rings (SSSR count). The maximum absolute atomic E-state index is 12.6. The van der Waals surface area contributed by atoms with E-state index in [2.05, 4.69) is 4.90 Å². The standard InChI is InChI=1S/C15H21F3N2O/c1-14(2)10-20(7-8-21-14)13(9-19)11-3-5-12(6-4-11)15(16,17)18/h3-6,13H,7-10,19H2,1-2H3. The van der Waals surface area contributed by atoms with Gasteiger partial charge in [0.05, 0.1) is 17.8 Å². The van der Waals surface area contributed by atoms with Gasteiger partial charge in [-0.05, 0) is 31.5 Å². The molecule has 6 heteroatoms. The first-order chi connectivity index (χ1) is 9.73. The van der Waals surface area contributed by atoms with Gasteiger partial charge in [-0.2, -0.15) is 13.2 Å². The normalized spacial score (nSPS) is 21.2. The summed E-state index contributed by atoms with van der Waals surface area (Å²) in [6.45, 7) is 6.40. The Bertz CT molecular complexity index is 471. The Balaban J connectivity index is 2.17. The molecule has 1 aromatic rings.